The van der Waals surface area contributed by atoms with Crippen LogP contribution in [-0.2, 0) is 6.61 Å². The fraction of sp³-hybridized carbons (Fsp3) is 0.200. The van der Waals surface area contributed by atoms with Crippen molar-refractivity contribution in [2.75, 3.05) is 5.75 Å². The Balaban J connectivity index is 2.74. The highest BCUT2D eigenvalue weighted by atomic mass is 32.2. The van der Waals surface area contributed by atoms with Crippen LogP contribution in [0.2, 0.25) is 0 Å². The van der Waals surface area contributed by atoms with E-state index >= 15 is 0 Å². The van der Waals surface area contributed by atoms with E-state index in [1.54, 1.807) is 11.8 Å². The van der Waals surface area contributed by atoms with Crippen LogP contribution in [0.25, 0.3) is 0 Å². The molecule has 0 spiro atoms. The first kappa shape index (κ1) is 9.36. The van der Waals surface area contributed by atoms with E-state index in [9.17, 15) is 0 Å². The lowest BCUT2D eigenvalue weighted by atomic mass is 10.2. The van der Waals surface area contributed by atoms with E-state index in [-0.39, 0.29) is 6.61 Å². The Bertz CT molecular complexity index is 258. The van der Waals surface area contributed by atoms with Crippen LogP contribution in [0, 0.1) is 0 Å². The lowest BCUT2D eigenvalue weighted by Crippen LogP contribution is -1.86. The average Bonchev–Trinajstić information content (AvgIpc) is 2.15. The van der Waals surface area contributed by atoms with Gasteiger partial charge >= 0.3 is 0 Å². The van der Waals surface area contributed by atoms with Gasteiger partial charge in [-0.1, -0.05) is 24.3 Å². The average molecular weight is 180 g/mol. The molecule has 0 heterocycles. The number of thioether (sulfide) groups is 1. The summed E-state index contributed by atoms with van der Waals surface area (Å²) in [5.74, 6) is 0.886. The zero-order valence-electron chi connectivity index (χ0n) is 6.86. The lowest BCUT2D eigenvalue weighted by molar-refractivity contribution is 0.279. The number of rotatable bonds is 4. The van der Waals surface area contributed by atoms with Gasteiger partial charge in [0.05, 0.1) is 6.61 Å². The zero-order valence-corrected chi connectivity index (χ0v) is 7.68. The molecule has 2 heteroatoms. The number of hydrogen-bond donors (Lipinski definition) is 1. The fourth-order valence-corrected chi connectivity index (χ4v) is 1.71. The summed E-state index contributed by atoms with van der Waals surface area (Å²) in [6.45, 7) is 3.76. The molecule has 0 bridgehead atoms. The summed E-state index contributed by atoms with van der Waals surface area (Å²) in [6, 6.07) is 7.86. The summed E-state index contributed by atoms with van der Waals surface area (Å²) in [5.41, 5.74) is 0.990. The first-order chi connectivity index (χ1) is 5.88. The summed E-state index contributed by atoms with van der Waals surface area (Å²) >= 11 is 1.69. The molecule has 0 aliphatic heterocycles. The maximum Gasteiger partial charge on any atom is 0.0692 e. The van der Waals surface area contributed by atoms with Gasteiger partial charge in [0, 0.05) is 10.6 Å². The molecule has 12 heavy (non-hydrogen) atoms. The minimum absolute atomic E-state index is 0.111. The molecule has 1 rings (SSSR count). The summed E-state index contributed by atoms with van der Waals surface area (Å²) < 4.78 is 0. The number of benzene rings is 1. The minimum Gasteiger partial charge on any atom is -0.392 e. The molecule has 0 unspecified atom stereocenters. The molecule has 1 N–H and O–H groups in total. The Hall–Kier alpha value is -0.730. The molecule has 1 nitrogen and oxygen atoms in total. The van der Waals surface area contributed by atoms with Crippen LogP contribution in [0.4, 0.5) is 0 Å². The number of hydrogen-bond acceptors (Lipinski definition) is 2. The van der Waals surface area contributed by atoms with E-state index in [4.69, 9.17) is 5.11 Å². The monoisotopic (exact) mass is 180 g/mol. The second-order valence-corrected chi connectivity index (χ2v) is 3.43. The minimum atomic E-state index is 0.111. The van der Waals surface area contributed by atoms with Crippen LogP contribution in [0.3, 0.4) is 0 Å². The second-order valence-electron chi connectivity index (χ2n) is 2.37. The predicted molar refractivity (Wildman–Crippen MR) is 53.3 cm³/mol. The summed E-state index contributed by atoms with van der Waals surface area (Å²) in [4.78, 5) is 1.14. The third kappa shape index (κ3) is 2.40. The molecule has 1 aromatic rings. The van der Waals surface area contributed by atoms with Crippen molar-refractivity contribution in [1.29, 1.82) is 0 Å². The summed E-state index contributed by atoms with van der Waals surface area (Å²) in [6.07, 6.45) is 1.86. The topological polar surface area (TPSA) is 20.2 Å². The van der Waals surface area contributed by atoms with E-state index in [2.05, 4.69) is 6.58 Å². The van der Waals surface area contributed by atoms with Crippen molar-refractivity contribution in [2.24, 2.45) is 0 Å². The van der Waals surface area contributed by atoms with Crippen LogP contribution in [-0.4, -0.2) is 10.9 Å². The Kier molecular flexibility index (Phi) is 3.91. The smallest absolute Gasteiger partial charge is 0.0692 e. The van der Waals surface area contributed by atoms with E-state index in [0.717, 1.165) is 16.2 Å². The van der Waals surface area contributed by atoms with Gasteiger partial charge in [0.1, 0.15) is 0 Å². The molecule has 64 valence electrons. The largest absolute Gasteiger partial charge is 0.392 e. The van der Waals surface area contributed by atoms with Crippen molar-refractivity contribution < 1.29 is 5.11 Å². The molecular weight excluding hydrogens is 168 g/mol. The Morgan fingerprint density at radius 3 is 2.83 bits per heavy atom. The van der Waals surface area contributed by atoms with Crippen molar-refractivity contribution in [2.45, 2.75) is 11.5 Å². The van der Waals surface area contributed by atoms with Gasteiger partial charge in [-0.2, -0.15) is 0 Å². The van der Waals surface area contributed by atoms with Crippen LogP contribution in [0.5, 0.6) is 0 Å². The predicted octanol–water partition coefficient (Wildman–Crippen LogP) is 2.46. The van der Waals surface area contributed by atoms with E-state index in [1.165, 1.54) is 0 Å². The second kappa shape index (κ2) is 5.01. The number of aliphatic hydroxyl groups is 1. The molecule has 0 amide bonds. The first-order valence-electron chi connectivity index (χ1n) is 3.81. The molecule has 0 radical (unpaired) electrons. The molecule has 1 aromatic carbocycles. The van der Waals surface area contributed by atoms with Crippen molar-refractivity contribution >= 4 is 11.8 Å². The normalized spacial score (nSPS) is 9.75. The third-order valence-electron chi connectivity index (χ3n) is 1.50. The highest BCUT2D eigenvalue weighted by molar-refractivity contribution is 7.99. The quantitative estimate of drug-likeness (QED) is 0.567. The van der Waals surface area contributed by atoms with E-state index in [1.807, 2.05) is 30.3 Å². The van der Waals surface area contributed by atoms with Gasteiger partial charge in [-0.3, -0.25) is 0 Å². The number of aliphatic hydroxyl groups excluding tert-OH is 1. The van der Waals surface area contributed by atoms with Crippen molar-refractivity contribution in [3.8, 4) is 0 Å². The maximum atomic E-state index is 8.98. The Morgan fingerprint density at radius 1 is 1.42 bits per heavy atom. The Labute approximate surface area is 77.1 Å². The van der Waals surface area contributed by atoms with Crippen molar-refractivity contribution in [1.82, 2.24) is 0 Å². The highest BCUT2D eigenvalue weighted by Gasteiger charge is 1.98. The van der Waals surface area contributed by atoms with Gasteiger partial charge in [-0.15, -0.1) is 18.3 Å². The third-order valence-corrected chi connectivity index (χ3v) is 2.61. The lowest BCUT2D eigenvalue weighted by Gasteiger charge is -2.03. The molecular formula is C10H12OS. The molecule has 0 aliphatic rings. The fourth-order valence-electron chi connectivity index (χ4n) is 0.924. The molecule has 0 aliphatic carbocycles. The van der Waals surface area contributed by atoms with Gasteiger partial charge < -0.3 is 5.11 Å². The van der Waals surface area contributed by atoms with E-state index in [0.29, 0.717) is 0 Å². The van der Waals surface area contributed by atoms with Gasteiger partial charge in [0.2, 0.25) is 0 Å². The maximum absolute atomic E-state index is 8.98. The van der Waals surface area contributed by atoms with Crippen LogP contribution >= 0.6 is 11.8 Å². The standard InChI is InChI=1S/C10H12OS/c1-2-7-12-10-6-4-3-5-9(10)8-11/h2-6,11H,1,7-8H2. The van der Waals surface area contributed by atoms with Gasteiger partial charge in [-0.25, -0.2) is 0 Å². The molecule has 0 atom stereocenters. The zero-order chi connectivity index (χ0) is 8.81. The molecule has 0 saturated carbocycles. The highest BCUT2D eigenvalue weighted by Crippen LogP contribution is 2.22. The van der Waals surface area contributed by atoms with Crippen molar-refractivity contribution in [3.63, 3.8) is 0 Å². The molecule has 0 fully saturated rings. The molecule has 0 aromatic heterocycles. The van der Waals surface area contributed by atoms with Gasteiger partial charge in [0.25, 0.3) is 0 Å². The van der Waals surface area contributed by atoms with E-state index < -0.39 is 0 Å². The Morgan fingerprint density at radius 2 is 2.17 bits per heavy atom. The molecule has 0 saturated heterocycles. The van der Waals surface area contributed by atoms with Gasteiger partial charge in [-0.05, 0) is 11.6 Å². The summed E-state index contributed by atoms with van der Waals surface area (Å²) in [5, 5.41) is 8.98. The van der Waals surface area contributed by atoms with Gasteiger partial charge in [0.15, 0.2) is 0 Å². The van der Waals surface area contributed by atoms with Crippen molar-refractivity contribution in [3.05, 3.63) is 42.5 Å². The first-order valence-corrected chi connectivity index (χ1v) is 4.79. The van der Waals surface area contributed by atoms with Crippen LogP contribution in [0.15, 0.2) is 41.8 Å². The van der Waals surface area contributed by atoms with Crippen LogP contribution in [0.1, 0.15) is 5.56 Å². The van der Waals surface area contributed by atoms with Crippen LogP contribution < -0.4 is 0 Å². The summed E-state index contributed by atoms with van der Waals surface area (Å²) in [7, 11) is 0. The SMILES string of the molecule is C=CCSc1ccccc1CO.